The van der Waals surface area contributed by atoms with Gasteiger partial charge in [0.15, 0.2) is 11.0 Å². The highest BCUT2D eigenvalue weighted by atomic mass is 35.5. The van der Waals surface area contributed by atoms with Crippen molar-refractivity contribution < 1.29 is 9.59 Å². The van der Waals surface area contributed by atoms with Crippen molar-refractivity contribution in [1.29, 1.82) is 0 Å². The first-order valence-corrected chi connectivity index (χ1v) is 13.7. The molecule has 0 radical (unpaired) electrons. The van der Waals surface area contributed by atoms with Gasteiger partial charge in [-0.05, 0) is 80.9 Å². The molecule has 2 fully saturated rings. The molecular formula is C26H26ClN3O2S2. The molecule has 0 unspecified atom stereocenters. The topological polar surface area (TPSA) is 53.0 Å². The molecule has 8 heteroatoms. The Balaban J connectivity index is 1.55. The van der Waals surface area contributed by atoms with Gasteiger partial charge in [0, 0.05) is 28.1 Å². The van der Waals surface area contributed by atoms with Crippen LogP contribution in [0.15, 0.2) is 62.3 Å². The van der Waals surface area contributed by atoms with Crippen LogP contribution in [-0.4, -0.2) is 34.3 Å². The standard InChI is InChI=1S/C26H26ClN3O2S2/c1-3-29-21-15-18(27)11-14-22(21)33-25(29)23-24(32)30(20-7-5-4-6-8-20)26(34-23)28-19-12-9-17(10-13-19)16(2)31/h9-15,20H,3-8H2,1-2H3. The number of amides is 1. The van der Waals surface area contributed by atoms with E-state index in [0.717, 1.165) is 63.6 Å². The molecule has 34 heavy (non-hydrogen) atoms. The number of hydrogen-bond donors (Lipinski definition) is 0. The van der Waals surface area contributed by atoms with Crippen LogP contribution in [0.3, 0.4) is 0 Å². The summed E-state index contributed by atoms with van der Waals surface area (Å²) in [5.74, 6) is 0.0638. The lowest BCUT2D eigenvalue weighted by Gasteiger charge is -2.30. The van der Waals surface area contributed by atoms with Gasteiger partial charge in [0.05, 0.1) is 11.4 Å². The minimum Gasteiger partial charge on any atom is -0.334 e. The first kappa shape index (κ1) is 23.5. The van der Waals surface area contributed by atoms with Crippen molar-refractivity contribution >= 4 is 63.4 Å². The summed E-state index contributed by atoms with van der Waals surface area (Å²) in [4.78, 5) is 36.4. The number of ketones is 1. The Morgan fingerprint density at radius 1 is 1.09 bits per heavy atom. The Labute approximate surface area is 213 Å². The number of nitrogens with zero attached hydrogens (tertiary/aromatic N) is 3. The monoisotopic (exact) mass is 511 g/mol. The van der Waals surface area contributed by atoms with Gasteiger partial charge in [0.1, 0.15) is 9.93 Å². The predicted octanol–water partition coefficient (Wildman–Crippen LogP) is 7.24. The Morgan fingerprint density at radius 3 is 2.50 bits per heavy atom. The summed E-state index contributed by atoms with van der Waals surface area (Å²) in [6.07, 6.45) is 5.47. The Bertz CT molecular complexity index is 1200. The fraction of sp³-hybridized carbons (Fsp3) is 0.346. The van der Waals surface area contributed by atoms with Crippen LogP contribution >= 0.6 is 35.1 Å². The maximum absolute atomic E-state index is 13.9. The highest BCUT2D eigenvalue weighted by molar-refractivity contribution is 8.19. The van der Waals surface area contributed by atoms with Gasteiger partial charge in [-0.25, -0.2) is 4.99 Å². The number of fused-ring (bicyclic) bond motifs is 1. The number of hydrogen-bond acceptors (Lipinski definition) is 6. The fourth-order valence-electron chi connectivity index (χ4n) is 4.67. The number of carbonyl (C=O) groups excluding carboxylic acids is 2. The van der Waals surface area contributed by atoms with Crippen LogP contribution in [0.4, 0.5) is 11.4 Å². The van der Waals surface area contributed by atoms with Crippen molar-refractivity contribution in [2.75, 3.05) is 11.4 Å². The molecule has 5 nitrogen and oxygen atoms in total. The van der Waals surface area contributed by atoms with Crippen molar-refractivity contribution in [3.05, 3.63) is 63.0 Å². The lowest BCUT2D eigenvalue weighted by molar-refractivity contribution is -0.124. The molecule has 2 aromatic rings. The van der Waals surface area contributed by atoms with E-state index < -0.39 is 0 Å². The maximum atomic E-state index is 13.9. The molecule has 2 heterocycles. The number of halogens is 1. The molecule has 1 saturated carbocycles. The van der Waals surface area contributed by atoms with Gasteiger partial charge in [-0.15, -0.1) is 0 Å². The van der Waals surface area contributed by atoms with E-state index in [9.17, 15) is 9.59 Å². The first-order valence-electron chi connectivity index (χ1n) is 11.7. The number of benzene rings is 2. The molecule has 1 saturated heterocycles. The summed E-state index contributed by atoms with van der Waals surface area (Å²) in [6, 6.07) is 13.3. The molecular weight excluding hydrogens is 486 g/mol. The molecule has 2 aromatic carbocycles. The van der Waals surface area contributed by atoms with Gasteiger partial charge >= 0.3 is 0 Å². The van der Waals surface area contributed by atoms with Gasteiger partial charge in [0.2, 0.25) is 0 Å². The second kappa shape index (κ2) is 9.80. The number of carbonyl (C=O) groups is 2. The highest BCUT2D eigenvalue weighted by Crippen LogP contribution is 2.52. The minimum atomic E-state index is 0.0260. The van der Waals surface area contributed by atoms with E-state index in [1.54, 1.807) is 30.8 Å². The van der Waals surface area contributed by atoms with E-state index in [2.05, 4.69) is 11.8 Å². The molecule has 3 aliphatic rings. The number of Topliss-reactive ketones (excluding diaryl/α,β-unsaturated/α-hetero) is 1. The van der Waals surface area contributed by atoms with Crippen LogP contribution in [-0.2, 0) is 4.79 Å². The SMILES string of the molecule is CCN1C(=C2SC(=Nc3ccc(C(C)=O)cc3)N(C3CCCCC3)C2=O)Sc2ccc(Cl)cc21. The van der Waals surface area contributed by atoms with E-state index in [1.807, 2.05) is 35.2 Å². The van der Waals surface area contributed by atoms with Crippen molar-refractivity contribution in [3.63, 3.8) is 0 Å². The fourth-order valence-corrected chi connectivity index (χ4v) is 7.27. The van der Waals surface area contributed by atoms with E-state index in [4.69, 9.17) is 16.6 Å². The second-order valence-corrected chi connectivity index (χ2v) is 11.1. The third-order valence-corrected chi connectivity index (χ3v) is 9.01. The average Bonchev–Trinajstić information content (AvgIpc) is 3.36. The summed E-state index contributed by atoms with van der Waals surface area (Å²) in [6.45, 7) is 4.39. The van der Waals surface area contributed by atoms with Crippen LogP contribution in [0.2, 0.25) is 5.02 Å². The van der Waals surface area contributed by atoms with Crippen LogP contribution < -0.4 is 4.90 Å². The first-order chi connectivity index (χ1) is 16.5. The summed E-state index contributed by atoms with van der Waals surface area (Å²) >= 11 is 9.37. The zero-order valence-corrected chi connectivity index (χ0v) is 21.6. The van der Waals surface area contributed by atoms with Crippen LogP contribution in [0.5, 0.6) is 0 Å². The molecule has 0 bridgehead atoms. The molecule has 0 spiro atoms. The van der Waals surface area contributed by atoms with Crippen molar-refractivity contribution in [2.24, 2.45) is 4.99 Å². The molecule has 0 aromatic heterocycles. The van der Waals surface area contributed by atoms with Gasteiger partial charge < -0.3 is 4.90 Å². The summed E-state index contributed by atoms with van der Waals surface area (Å²) < 4.78 is 0. The number of aliphatic imine (C=N–C) groups is 1. The average molecular weight is 512 g/mol. The van der Waals surface area contributed by atoms with Crippen LogP contribution in [0.1, 0.15) is 56.3 Å². The summed E-state index contributed by atoms with van der Waals surface area (Å²) in [7, 11) is 0. The van der Waals surface area contributed by atoms with Gasteiger partial charge in [-0.3, -0.25) is 14.5 Å². The molecule has 2 aliphatic heterocycles. The Kier molecular flexibility index (Phi) is 6.78. The normalized spacial score (nSPS) is 22.1. The van der Waals surface area contributed by atoms with Gasteiger partial charge in [0.25, 0.3) is 5.91 Å². The Hall–Kier alpha value is -2.22. The summed E-state index contributed by atoms with van der Waals surface area (Å²) in [5.41, 5.74) is 2.45. The van der Waals surface area contributed by atoms with Gasteiger partial charge in [-0.1, -0.05) is 42.6 Å². The largest absolute Gasteiger partial charge is 0.334 e. The predicted molar refractivity (Wildman–Crippen MR) is 142 cm³/mol. The third-order valence-electron chi connectivity index (χ3n) is 6.42. The number of anilines is 1. The van der Waals surface area contributed by atoms with Crippen molar-refractivity contribution in [1.82, 2.24) is 4.90 Å². The lowest BCUT2D eigenvalue weighted by Crippen LogP contribution is -2.40. The zero-order valence-electron chi connectivity index (χ0n) is 19.2. The van der Waals surface area contributed by atoms with Crippen LogP contribution in [0, 0.1) is 0 Å². The number of amidine groups is 1. The van der Waals surface area contributed by atoms with E-state index in [1.165, 1.54) is 18.2 Å². The van der Waals surface area contributed by atoms with Crippen molar-refractivity contribution in [2.45, 2.75) is 56.9 Å². The lowest BCUT2D eigenvalue weighted by atomic mass is 9.94. The molecule has 1 aliphatic carbocycles. The zero-order chi connectivity index (χ0) is 23.8. The molecule has 0 N–H and O–H groups in total. The van der Waals surface area contributed by atoms with E-state index in [0.29, 0.717) is 10.6 Å². The molecule has 1 amide bonds. The quantitative estimate of drug-likeness (QED) is 0.320. The molecule has 176 valence electrons. The maximum Gasteiger partial charge on any atom is 0.269 e. The van der Waals surface area contributed by atoms with E-state index in [-0.39, 0.29) is 17.7 Å². The molecule has 5 rings (SSSR count). The highest BCUT2D eigenvalue weighted by Gasteiger charge is 2.42. The van der Waals surface area contributed by atoms with Gasteiger partial charge in [-0.2, -0.15) is 0 Å². The van der Waals surface area contributed by atoms with Crippen LogP contribution in [0.25, 0.3) is 0 Å². The third kappa shape index (κ3) is 4.41. The smallest absolute Gasteiger partial charge is 0.269 e. The van der Waals surface area contributed by atoms with Crippen molar-refractivity contribution in [3.8, 4) is 0 Å². The summed E-state index contributed by atoms with van der Waals surface area (Å²) in [5, 5.41) is 2.36. The molecule has 0 atom stereocenters. The minimum absolute atomic E-state index is 0.0260. The second-order valence-electron chi connectivity index (χ2n) is 8.66. The number of rotatable bonds is 4. The Morgan fingerprint density at radius 2 is 1.82 bits per heavy atom. The number of thioether (sulfide) groups is 2. The van der Waals surface area contributed by atoms with E-state index >= 15 is 0 Å².